The molecule has 116 valence electrons. The van der Waals surface area contributed by atoms with Gasteiger partial charge in [-0.1, -0.05) is 0 Å². The number of hydrogen-bond donors (Lipinski definition) is 1. The number of aromatic nitrogens is 2. The van der Waals surface area contributed by atoms with Crippen molar-refractivity contribution in [2.45, 2.75) is 0 Å². The number of hydrogen-bond acceptors (Lipinski definition) is 5. The summed E-state index contributed by atoms with van der Waals surface area (Å²) in [6, 6.07) is 8.36. The molecule has 1 fully saturated rings. The van der Waals surface area contributed by atoms with Crippen LogP contribution in [0.4, 0.5) is 17.2 Å². The van der Waals surface area contributed by atoms with Crippen molar-refractivity contribution in [3.05, 3.63) is 40.2 Å². The van der Waals surface area contributed by atoms with E-state index in [0.717, 1.165) is 36.3 Å². The normalized spacial score (nSPS) is 15.9. The molecule has 2 heterocycles. The number of nitrogens with one attached hydrogen (secondary N) is 1. The van der Waals surface area contributed by atoms with E-state index in [1.165, 1.54) is 5.69 Å². The highest BCUT2D eigenvalue weighted by atomic mass is 79.9. The highest BCUT2D eigenvalue weighted by Crippen LogP contribution is 2.26. The molecule has 1 aliphatic heterocycles. The number of benzene rings is 1. The van der Waals surface area contributed by atoms with Gasteiger partial charge in [-0.2, -0.15) is 4.98 Å². The molecule has 7 heteroatoms. The van der Waals surface area contributed by atoms with Gasteiger partial charge < -0.3 is 15.1 Å². The molecule has 0 aliphatic carbocycles. The van der Waals surface area contributed by atoms with E-state index in [4.69, 9.17) is 11.6 Å². The fourth-order valence-corrected chi connectivity index (χ4v) is 2.81. The number of anilines is 3. The maximum Gasteiger partial charge on any atom is 0.224 e. The molecule has 1 aromatic carbocycles. The molecule has 1 N–H and O–H groups in total. The first-order chi connectivity index (χ1) is 10.6. The fourth-order valence-electron chi connectivity index (χ4n) is 2.39. The Kier molecular flexibility index (Phi) is 4.81. The fraction of sp³-hybridized carbons (Fsp3) is 0.333. The van der Waals surface area contributed by atoms with Gasteiger partial charge in [-0.05, 0) is 58.8 Å². The zero-order chi connectivity index (χ0) is 15.5. The summed E-state index contributed by atoms with van der Waals surface area (Å²) >= 11 is 9.24. The Morgan fingerprint density at radius 3 is 2.50 bits per heavy atom. The molecule has 1 saturated heterocycles. The van der Waals surface area contributed by atoms with Crippen molar-refractivity contribution in [3.63, 3.8) is 0 Å². The van der Waals surface area contributed by atoms with E-state index < -0.39 is 0 Å². The topological polar surface area (TPSA) is 44.3 Å². The quantitative estimate of drug-likeness (QED) is 0.824. The zero-order valence-electron chi connectivity index (χ0n) is 12.3. The van der Waals surface area contributed by atoms with E-state index in [-0.39, 0.29) is 5.28 Å². The van der Waals surface area contributed by atoms with Crippen LogP contribution in [0.2, 0.25) is 5.28 Å². The molecular weight excluding hydrogens is 366 g/mol. The Hall–Kier alpha value is -1.37. The maximum absolute atomic E-state index is 5.83. The third-order valence-electron chi connectivity index (χ3n) is 3.71. The second-order valence-corrected chi connectivity index (χ2v) is 6.49. The summed E-state index contributed by atoms with van der Waals surface area (Å²) in [4.78, 5) is 12.8. The van der Waals surface area contributed by atoms with Crippen LogP contribution >= 0.6 is 27.5 Å². The van der Waals surface area contributed by atoms with Crippen LogP contribution in [0, 0.1) is 0 Å². The SMILES string of the molecule is CN1CCN(c2ccc(Nc3nc(Cl)ncc3Br)cc2)CC1. The van der Waals surface area contributed by atoms with Gasteiger partial charge >= 0.3 is 0 Å². The molecule has 0 radical (unpaired) electrons. The molecule has 1 aromatic heterocycles. The summed E-state index contributed by atoms with van der Waals surface area (Å²) in [7, 11) is 2.16. The minimum absolute atomic E-state index is 0.222. The second-order valence-electron chi connectivity index (χ2n) is 5.30. The van der Waals surface area contributed by atoms with Crippen molar-refractivity contribution in [1.82, 2.24) is 14.9 Å². The summed E-state index contributed by atoms with van der Waals surface area (Å²) in [5.41, 5.74) is 2.21. The third kappa shape index (κ3) is 3.69. The van der Waals surface area contributed by atoms with E-state index in [2.05, 4.69) is 72.3 Å². The van der Waals surface area contributed by atoms with Crippen molar-refractivity contribution in [3.8, 4) is 0 Å². The van der Waals surface area contributed by atoms with Crippen LogP contribution in [-0.2, 0) is 0 Å². The second kappa shape index (κ2) is 6.81. The van der Waals surface area contributed by atoms with E-state index >= 15 is 0 Å². The van der Waals surface area contributed by atoms with Gasteiger partial charge in [-0.3, -0.25) is 0 Å². The molecule has 5 nitrogen and oxygen atoms in total. The van der Waals surface area contributed by atoms with Gasteiger partial charge in [0.25, 0.3) is 0 Å². The summed E-state index contributed by atoms with van der Waals surface area (Å²) in [5, 5.41) is 3.46. The zero-order valence-corrected chi connectivity index (χ0v) is 14.6. The summed E-state index contributed by atoms with van der Waals surface area (Å²) in [6.45, 7) is 4.34. The Morgan fingerprint density at radius 1 is 1.14 bits per heavy atom. The van der Waals surface area contributed by atoms with E-state index in [0.29, 0.717) is 5.82 Å². The highest BCUT2D eigenvalue weighted by Gasteiger charge is 2.14. The standard InChI is InChI=1S/C15H17BrClN5/c1-21-6-8-22(9-7-21)12-4-2-11(3-5-12)19-14-13(16)10-18-15(17)20-14/h2-5,10H,6-9H2,1H3,(H,18,19,20). The number of likely N-dealkylation sites (N-methyl/N-ethyl adjacent to an activating group) is 1. The monoisotopic (exact) mass is 381 g/mol. The Labute approximate surface area is 143 Å². The molecule has 0 atom stereocenters. The van der Waals surface area contributed by atoms with E-state index in [1.54, 1.807) is 6.20 Å². The molecule has 0 bridgehead atoms. The smallest absolute Gasteiger partial charge is 0.224 e. The van der Waals surface area contributed by atoms with Gasteiger partial charge in [-0.15, -0.1) is 0 Å². The van der Waals surface area contributed by atoms with Crippen LogP contribution in [0.15, 0.2) is 34.9 Å². The van der Waals surface area contributed by atoms with Gasteiger partial charge in [0.2, 0.25) is 5.28 Å². The molecule has 1 aliphatic rings. The molecule has 0 amide bonds. The van der Waals surface area contributed by atoms with Crippen LogP contribution in [0.1, 0.15) is 0 Å². The summed E-state index contributed by atoms with van der Waals surface area (Å²) < 4.78 is 0.778. The average molecular weight is 383 g/mol. The van der Waals surface area contributed by atoms with Gasteiger partial charge in [0.1, 0.15) is 5.82 Å². The molecule has 3 rings (SSSR count). The third-order valence-corrected chi connectivity index (χ3v) is 4.48. The van der Waals surface area contributed by atoms with Crippen molar-refractivity contribution in [1.29, 1.82) is 0 Å². The number of piperazine rings is 1. The van der Waals surface area contributed by atoms with Crippen LogP contribution in [0.3, 0.4) is 0 Å². The Balaban J connectivity index is 1.70. The first-order valence-corrected chi connectivity index (χ1v) is 8.27. The highest BCUT2D eigenvalue weighted by molar-refractivity contribution is 9.10. The molecule has 0 spiro atoms. The van der Waals surface area contributed by atoms with Crippen LogP contribution in [0.5, 0.6) is 0 Å². The van der Waals surface area contributed by atoms with Crippen molar-refractivity contribution >= 4 is 44.7 Å². The Bertz CT molecular complexity index is 641. The van der Waals surface area contributed by atoms with Crippen LogP contribution in [0.25, 0.3) is 0 Å². The average Bonchev–Trinajstić information content (AvgIpc) is 2.53. The summed E-state index contributed by atoms with van der Waals surface area (Å²) in [6.07, 6.45) is 1.64. The first kappa shape index (κ1) is 15.5. The number of rotatable bonds is 3. The number of halogens is 2. The van der Waals surface area contributed by atoms with E-state index in [9.17, 15) is 0 Å². The molecular formula is C15H17BrClN5. The van der Waals surface area contributed by atoms with Crippen molar-refractivity contribution < 1.29 is 0 Å². The lowest BCUT2D eigenvalue weighted by Crippen LogP contribution is -2.44. The predicted molar refractivity (Wildman–Crippen MR) is 94.2 cm³/mol. The molecule has 0 unspecified atom stereocenters. The number of nitrogens with zero attached hydrogens (tertiary/aromatic N) is 4. The summed E-state index contributed by atoms with van der Waals surface area (Å²) in [5.74, 6) is 0.660. The lowest BCUT2D eigenvalue weighted by atomic mass is 10.2. The predicted octanol–water partition coefficient (Wildman–Crippen LogP) is 3.39. The maximum atomic E-state index is 5.83. The molecule has 22 heavy (non-hydrogen) atoms. The molecule has 0 saturated carbocycles. The van der Waals surface area contributed by atoms with Crippen molar-refractivity contribution in [2.24, 2.45) is 0 Å². The van der Waals surface area contributed by atoms with Crippen LogP contribution in [-0.4, -0.2) is 48.1 Å². The largest absolute Gasteiger partial charge is 0.369 e. The van der Waals surface area contributed by atoms with Gasteiger partial charge in [-0.25, -0.2) is 4.98 Å². The minimum atomic E-state index is 0.222. The minimum Gasteiger partial charge on any atom is -0.369 e. The first-order valence-electron chi connectivity index (χ1n) is 7.10. The lowest BCUT2D eigenvalue weighted by molar-refractivity contribution is 0.313. The van der Waals surface area contributed by atoms with E-state index in [1.807, 2.05) is 0 Å². The Morgan fingerprint density at radius 2 is 1.82 bits per heavy atom. The van der Waals surface area contributed by atoms with Crippen molar-refractivity contribution in [2.75, 3.05) is 43.4 Å². The lowest BCUT2D eigenvalue weighted by Gasteiger charge is -2.34. The van der Waals surface area contributed by atoms with Crippen LogP contribution < -0.4 is 10.2 Å². The van der Waals surface area contributed by atoms with Gasteiger partial charge in [0.05, 0.1) is 4.47 Å². The van der Waals surface area contributed by atoms with Gasteiger partial charge in [0, 0.05) is 43.8 Å². The molecule has 2 aromatic rings. The van der Waals surface area contributed by atoms with Gasteiger partial charge in [0.15, 0.2) is 0 Å².